The maximum Gasteiger partial charge on any atom is 0.0537 e. The van der Waals surface area contributed by atoms with Crippen LogP contribution in [-0.4, -0.2) is 4.57 Å². The van der Waals surface area contributed by atoms with Gasteiger partial charge in [0.25, 0.3) is 0 Å². The van der Waals surface area contributed by atoms with Gasteiger partial charge in [0, 0.05) is 34.1 Å². The minimum atomic E-state index is 0.445. The summed E-state index contributed by atoms with van der Waals surface area (Å²) in [7, 11) is 0. The average molecular weight is 741 g/mol. The van der Waals surface area contributed by atoms with Gasteiger partial charge in [0.05, 0.1) is 11.2 Å². The van der Waals surface area contributed by atoms with E-state index < -0.39 is 0 Å². The maximum atomic E-state index is 2.44. The van der Waals surface area contributed by atoms with Crippen molar-refractivity contribution in [1.29, 1.82) is 0 Å². The summed E-state index contributed by atoms with van der Waals surface area (Å²) in [4.78, 5) is 2.35. The first kappa shape index (κ1) is 33.9. The van der Waals surface area contributed by atoms with E-state index in [0.29, 0.717) is 5.92 Å². The van der Waals surface area contributed by atoms with Crippen LogP contribution in [0.15, 0.2) is 224 Å². The largest absolute Gasteiger partial charge is 0.311 e. The summed E-state index contributed by atoms with van der Waals surface area (Å²) in [5.74, 6) is 0.445. The topological polar surface area (TPSA) is 8.17 Å². The fourth-order valence-corrected chi connectivity index (χ4v) is 9.04. The second kappa shape index (κ2) is 14.3. The van der Waals surface area contributed by atoms with E-state index in [1.165, 1.54) is 77.6 Å². The number of hydrogen-bond donors (Lipinski definition) is 0. The number of rotatable bonds is 7. The molecular formula is C56H40N2. The van der Waals surface area contributed by atoms with Crippen LogP contribution in [-0.2, 0) is 6.42 Å². The molecule has 11 rings (SSSR count). The SMILES string of the molecule is C1=CC2=Cc3c(c4ccccc4n3-c3ccc(-c4ccc(N(c5ccc(-c6ccccc6)cc5)c5ccc(-c6cccc7ccccc67)cc5)cc4)cc3)CC2C=C1. The number of aromatic nitrogens is 1. The Morgan fingerprint density at radius 3 is 1.69 bits per heavy atom. The van der Waals surface area contributed by atoms with Gasteiger partial charge in [-0.1, -0.05) is 164 Å². The number of nitrogens with zero attached hydrogens (tertiary/aromatic N) is 2. The van der Waals surface area contributed by atoms with Crippen molar-refractivity contribution in [1.82, 2.24) is 4.57 Å². The van der Waals surface area contributed by atoms with Crippen LogP contribution in [0.2, 0.25) is 0 Å². The third-order valence-electron chi connectivity index (χ3n) is 12.0. The van der Waals surface area contributed by atoms with Gasteiger partial charge in [0.1, 0.15) is 0 Å². The molecule has 2 aliphatic carbocycles. The van der Waals surface area contributed by atoms with Crippen LogP contribution in [0.4, 0.5) is 17.1 Å². The second-order valence-corrected chi connectivity index (χ2v) is 15.3. The number of allylic oxidation sites excluding steroid dienone is 5. The molecular weight excluding hydrogens is 701 g/mol. The van der Waals surface area contributed by atoms with Crippen molar-refractivity contribution >= 4 is 44.8 Å². The lowest BCUT2D eigenvalue weighted by Crippen LogP contribution is -2.12. The van der Waals surface area contributed by atoms with E-state index in [1.54, 1.807) is 0 Å². The van der Waals surface area contributed by atoms with Crippen molar-refractivity contribution in [3.05, 3.63) is 235 Å². The van der Waals surface area contributed by atoms with Crippen molar-refractivity contribution in [2.75, 3.05) is 4.90 Å². The van der Waals surface area contributed by atoms with Gasteiger partial charge in [0.15, 0.2) is 0 Å². The van der Waals surface area contributed by atoms with Crippen molar-refractivity contribution in [2.45, 2.75) is 6.42 Å². The second-order valence-electron chi connectivity index (χ2n) is 15.3. The van der Waals surface area contributed by atoms with Crippen molar-refractivity contribution in [3.8, 4) is 39.1 Å². The molecule has 9 aromatic rings. The van der Waals surface area contributed by atoms with Gasteiger partial charge in [-0.2, -0.15) is 0 Å². The van der Waals surface area contributed by atoms with Crippen molar-refractivity contribution in [2.24, 2.45) is 5.92 Å². The van der Waals surface area contributed by atoms with E-state index >= 15 is 0 Å². The minimum absolute atomic E-state index is 0.445. The summed E-state index contributed by atoms with van der Waals surface area (Å²) in [6.07, 6.45) is 12.4. The first-order valence-electron chi connectivity index (χ1n) is 20.2. The van der Waals surface area contributed by atoms with Gasteiger partial charge in [-0.05, 0) is 122 Å². The fraction of sp³-hybridized carbons (Fsp3) is 0.0357. The average Bonchev–Trinajstić information content (AvgIpc) is 3.62. The molecule has 0 spiro atoms. The molecule has 0 fully saturated rings. The third-order valence-corrected chi connectivity index (χ3v) is 12.0. The number of para-hydroxylation sites is 1. The molecule has 0 saturated heterocycles. The molecule has 1 aromatic heterocycles. The summed E-state index contributed by atoms with van der Waals surface area (Å²) >= 11 is 0. The van der Waals surface area contributed by atoms with Gasteiger partial charge < -0.3 is 9.47 Å². The smallest absolute Gasteiger partial charge is 0.0537 e. The number of hydrogen-bond acceptors (Lipinski definition) is 1. The van der Waals surface area contributed by atoms with E-state index in [-0.39, 0.29) is 0 Å². The molecule has 1 atom stereocenters. The Kier molecular flexibility index (Phi) is 8.33. The molecule has 2 aliphatic rings. The number of anilines is 3. The molecule has 8 aromatic carbocycles. The van der Waals surface area contributed by atoms with Crippen molar-refractivity contribution in [3.63, 3.8) is 0 Å². The summed E-state index contributed by atoms with van der Waals surface area (Å²) < 4.78 is 2.44. The van der Waals surface area contributed by atoms with Crippen molar-refractivity contribution < 1.29 is 0 Å². The van der Waals surface area contributed by atoms with Crippen LogP contribution in [0.1, 0.15) is 11.3 Å². The molecule has 2 heteroatoms. The first-order chi connectivity index (χ1) is 28.7. The summed E-state index contributed by atoms with van der Waals surface area (Å²) in [6, 6.07) is 70.6. The Morgan fingerprint density at radius 2 is 1.00 bits per heavy atom. The molecule has 0 N–H and O–H groups in total. The van der Waals surface area contributed by atoms with Gasteiger partial charge >= 0.3 is 0 Å². The quantitative estimate of drug-likeness (QED) is 0.158. The Labute approximate surface area is 339 Å². The lowest BCUT2D eigenvalue weighted by Gasteiger charge is -2.26. The summed E-state index contributed by atoms with van der Waals surface area (Å²) in [5, 5.41) is 3.86. The van der Waals surface area contributed by atoms with Crippen LogP contribution >= 0.6 is 0 Å². The first-order valence-corrected chi connectivity index (χ1v) is 20.2. The predicted octanol–water partition coefficient (Wildman–Crippen LogP) is 14.9. The van der Waals surface area contributed by atoms with E-state index in [1.807, 2.05) is 0 Å². The Morgan fingerprint density at radius 1 is 0.448 bits per heavy atom. The molecule has 1 heterocycles. The zero-order chi connectivity index (χ0) is 38.4. The van der Waals surface area contributed by atoms with Crippen LogP contribution in [0.3, 0.4) is 0 Å². The number of benzene rings is 8. The Bertz CT molecular complexity index is 3030. The standard InChI is InChI=1S/C56H40N2/c1-2-11-39(12-3-1)40-21-29-47(30-22-40)57(49-35-27-44(28-36-49)52-19-10-16-43-13-6-7-17-51(43)52)48-31-23-41(24-32-48)42-25-33-50(34-26-42)58-55-20-9-8-18-53(55)54-37-45-14-4-5-15-46(45)38-56(54)58/h1-36,38,45H,37H2. The maximum absolute atomic E-state index is 2.44. The molecule has 0 aliphatic heterocycles. The summed E-state index contributed by atoms with van der Waals surface area (Å²) in [6.45, 7) is 0. The van der Waals surface area contributed by atoms with E-state index in [2.05, 4.69) is 234 Å². The number of fused-ring (bicyclic) bond motifs is 5. The monoisotopic (exact) mass is 740 g/mol. The van der Waals surface area contributed by atoms with E-state index in [4.69, 9.17) is 0 Å². The summed E-state index contributed by atoms with van der Waals surface area (Å²) in [5.41, 5.74) is 17.1. The predicted molar refractivity (Wildman–Crippen MR) is 245 cm³/mol. The van der Waals surface area contributed by atoms with Gasteiger partial charge in [0.2, 0.25) is 0 Å². The minimum Gasteiger partial charge on any atom is -0.311 e. The molecule has 274 valence electrons. The van der Waals surface area contributed by atoms with Crippen LogP contribution in [0.5, 0.6) is 0 Å². The lowest BCUT2D eigenvalue weighted by molar-refractivity contribution is 0.758. The highest BCUT2D eigenvalue weighted by Gasteiger charge is 2.26. The molecule has 0 bridgehead atoms. The van der Waals surface area contributed by atoms with Crippen LogP contribution in [0, 0.1) is 5.92 Å². The van der Waals surface area contributed by atoms with Gasteiger partial charge in [-0.3, -0.25) is 0 Å². The zero-order valence-corrected chi connectivity index (χ0v) is 32.0. The lowest BCUT2D eigenvalue weighted by atomic mass is 9.83. The molecule has 0 saturated carbocycles. The highest BCUT2D eigenvalue weighted by Crippen LogP contribution is 2.41. The van der Waals surface area contributed by atoms with E-state index in [9.17, 15) is 0 Å². The fourth-order valence-electron chi connectivity index (χ4n) is 9.04. The highest BCUT2D eigenvalue weighted by molar-refractivity contribution is 5.97. The Balaban J connectivity index is 0.933. The molecule has 58 heavy (non-hydrogen) atoms. The molecule has 2 nitrogen and oxygen atoms in total. The zero-order valence-electron chi connectivity index (χ0n) is 32.0. The highest BCUT2D eigenvalue weighted by atomic mass is 15.1. The van der Waals surface area contributed by atoms with Crippen LogP contribution < -0.4 is 4.90 Å². The molecule has 0 radical (unpaired) electrons. The van der Waals surface area contributed by atoms with Gasteiger partial charge in [-0.25, -0.2) is 0 Å². The molecule has 1 unspecified atom stereocenters. The van der Waals surface area contributed by atoms with Crippen LogP contribution in [0.25, 0.3) is 66.8 Å². The normalized spacial score (nSPS) is 14.3. The third kappa shape index (κ3) is 5.98. The van der Waals surface area contributed by atoms with Gasteiger partial charge in [-0.15, -0.1) is 0 Å². The molecule has 0 amide bonds. The Hall–Kier alpha value is -7.42. The van der Waals surface area contributed by atoms with E-state index in [0.717, 1.165) is 23.5 Å².